The minimum atomic E-state index is -0.537. The van der Waals surface area contributed by atoms with Gasteiger partial charge in [-0.3, -0.25) is 0 Å². The highest BCUT2D eigenvalue weighted by Crippen LogP contribution is 2.09. The lowest BCUT2D eigenvalue weighted by Crippen LogP contribution is -2.61. The van der Waals surface area contributed by atoms with Gasteiger partial charge in [0.1, 0.15) is 0 Å². The maximum Gasteiger partial charge on any atom is 0.0676 e. The first-order valence-corrected chi connectivity index (χ1v) is 3.17. The van der Waals surface area contributed by atoms with E-state index in [-0.39, 0.29) is 6.17 Å². The molecule has 7 N–H and O–H groups in total. The zero-order valence-electron chi connectivity index (χ0n) is 5.43. The zero-order valence-corrected chi connectivity index (χ0v) is 5.43. The van der Waals surface area contributed by atoms with Crippen LogP contribution in [0, 0.1) is 0 Å². The molecule has 0 amide bonds. The van der Waals surface area contributed by atoms with Gasteiger partial charge in [-0.25, -0.2) is 0 Å². The number of nitrogens with two attached hydrogens (primary N) is 3. The average Bonchev–Trinajstić information content (AvgIpc) is 1.60. The molecule has 0 aromatic carbocycles. The third-order valence-corrected chi connectivity index (χ3v) is 1.60. The summed E-state index contributed by atoms with van der Waals surface area (Å²) >= 11 is 0. The maximum absolute atomic E-state index is 5.63. The van der Waals surface area contributed by atoms with Gasteiger partial charge in [0.2, 0.25) is 0 Å². The second-order valence-corrected chi connectivity index (χ2v) is 2.75. The van der Waals surface area contributed by atoms with Crippen LogP contribution >= 0.6 is 0 Å². The summed E-state index contributed by atoms with van der Waals surface area (Å²) in [5.41, 5.74) is 16.3. The molecule has 1 unspecified atom stereocenters. The molecule has 4 heteroatoms. The van der Waals surface area contributed by atoms with Gasteiger partial charge >= 0.3 is 0 Å². The van der Waals surface area contributed by atoms with E-state index in [0.717, 1.165) is 13.0 Å². The molecule has 9 heavy (non-hydrogen) atoms. The van der Waals surface area contributed by atoms with Crippen molar-refractivity contribution in [3.05, 3.63) is 0 Å². The molecule has 1 atom stereocenters. The summed E-state index contributed by atoms with van der Waals surface area (Å²) in [7, 11) is 0. The van der Waals surface area contributed by atoms with Gasteiger partial charge < -0.3 is 22.5 Å². The van der Waals surface area contributed by atoms with Gasteiger partial charge in [0.25, 0.3) is 0 Å². The Kier molecular flexibility index (Phi) is 1.72. The summed E-state index contributed by atoms with van der Waals surface area (Å²) in [6.07, 6.45) is 1.45. The van der Waals surface area contributed by atoms with Gasteiger partial charge in [-0.15, -0.1) is 0 Å². The normalized spacial score (nSPS) is 34.3. The molecule has 1 fully saturated rings. The molecular weight excluding hydrogens is 116 g/mol. The minimum absolute atomic E-state index is 0.0197. The van der Waals surface area contributed by atoms with Crippen molar-refractivity contribution < 1.29 is 0 Å². The molecule has 54 valence electrons. The quantitative estimate of drug-likeness (QED) is 0.293. The summed E-state index contributed by atoms with van der Waals surface area (Å²) in [6.45, 7) is 0.828. The standard InChI is InChI=1S/C5H14N4/c6-4-3-5(7,8)1-2-9-4/h4,9H,1-3,6-8H2. The van der Waals surface area contributed by atoms with Crippen molar-refractivity contribution in [1.29, 1.82) is 0 Å². The SMILES string of the molecule is NC1CC(N)(N)CCN1. The fraction of sp³-hybridized carbons (Fsp3) is 1.00. The van der Waals surface area contributed by atoms with Crippen molar-refractivity contribution in [3.63, 3.8) is 0 Å². The summed E-state index contributed by atoms with van der Waals surface area (Å²) in [4.78, 5) is 0. The van der Waals surface area contributed by atoms with Crippen LogP contribution in [0.4, 0.5) is 0 Å². The predicted octanol–water partition coefficient (Wildman–Crippen LogP) is -1.73. The van der Waals surface area contributed by atoms with Gasteiger partial charge in [0.05, 0.1) is 11.8 Å². The van der Waals surface area contributed by atoms with Crippen LogP contribution in [0.25, 0.3) is 0 Å². The molecule has 0 aliphatic carbocycles. The molecule has 0 aromatic heterocycles. The lowest BCUT2D eigenvalue weighted by Gasteiger charge is -2.33. The number of rotatable bonds is 0. The van der Waals surface area contributed by atoms with E-state index in [1.807, 2.05) is 0 Å². The highest BCUT2D eigenvalue weighted by molar-refractivity contribution is 4.86. The molecule has 0 radical (unpaired) electrons. The second-order valence-electron chi connectivity index (χ2n) is 2.75. The summed E-state index contributed by atoms with van der Waals surface area (Å²) in [5.74, 6) is 0. The van der Waals surface area contributed by atoms with Crippen LogP contribution in [0.2, 0.25) is 0 Å². The fourth-order valence-electron chi connectivity index (χ4n) is 1.07. The molecule has 1 aliphatic rings. The van der Waals surface area contributed by atoms with Crippen LogP contribution in [0.15, 0.2) is 0 Å². The van der Waals surface area contributed by atoms with Gasteiger partial charge in [0.15, 0.2) is 0 Å². The van der Waals surface area contributed by atoms with Crippen molar-refractivity contribution in [3.8, 4) is 0 Å². The van der Waals surface area contributed by atoms with E-state index in [4.69, 9.17) is 17.2 Å². The van der Waals surface area contributed by atoms with Gasteiger partial charge in [-0.1, -0.05) is 0 Å². The van der Waals surface area contributed by atoms with Crippen molar-refractivity contribution in [2.75, 3.05) is 6.54 Å². The van der Waals surface area contributed by atoms with Crippen LogP contribution in [-0.4, -0.2) is 18.4 Å². The Hall–Kier alpha value is -0.160. The van der Waals surface area contributed by atoms with Gasteiger partial charge in [0, 0.05) is 6.42 Å². The van der Waals surface area contributed by atoms with Crippen molar-refractivity contribution in [1.82, 2.24) is 5.32 Å². The molecular formula is C5H14N4. The van der Waals surface area contributed by atoms with E-state index >= 15 is 0 Å². The van der Waals surface area contributed by atoms with Crippen LogP contribution < -0.4 is 22.5 Å². The molecule has 1 heterocycles. The minimum Gasteiger partial charge on any atom is -0.316 e. The first-order valence-electron chi connectivity index (χ1n) is 3.17. The smallest absolute Gasteiger partial charge is 0.0676 e. The molecule has 0 saturated carbocycles. The Morgan fingerprint density at radius 1 is 1.44 bits per heavy atom. The number of hydrogen-bond acceptors (Lipinski definition) is 4. The van der Waals surface area contributed by atoms with E-state index in [0.29, 0.717) is 6.42 Å². The van der Waals surface area contributed by atoms with Crippen LogP contribution in [-0.2, 0) is 0 Å². The third kappa shape index (κ3) is 1.91. The van der Waals surface area contributed by atoms with E-state index in [1.165, 1.54) is 0 Å². The molecule has 1 saturated heterocycles. The highest BCUT2D eigenvalue weighted by Gasteiger charge is 2.26. The van der Waals surface area contributed by atoms with E-state index in [2.05, 4.69) is 5.32 Å². The van der Waals surface area contributed by atoms with Crippen molar-refractivity contribution >= 4 is 0 Å². The Morgan fingerprint density at radius 3 is 2.44 bits per heavy atom. The average molecular weight is 130 g/mol. The zero-order chi connectivity index (χ0) is 6.91. The van der Waals surface area contributed by atoms with Crippen molar-refractivity contribution in [2.45, 2.75) is 24.7 Å². The monoisotopic (exact) mass is 130 g/mol. The fourth-order valence-corrected chi connectivity index (χ4v) is 1.07. The van der Waals surface area contributed by atoms with E-state index < -0.39 is 5.66 Å². The molecule has 0 spiro atoms. The molecule has 0 bridgehead atoms. The number of hydrogen-bond donors (Lipinski definition) is 4. The highest BCUT2D eigenvalue weighted by atomic mass is 15.1. The summed E-state index contributed by atoms with van der Waals surface area (Å²) in [6, 6.07) is 0. The lowest BCUT2D eigenvalue weighted by atomic mass is 9.99. The van der Waals surface area contributed by atoms with Crippen molar-refractivity contribution in [2.24, 2.45) is 17.2 Å². The van der Waals surface area contributed by atoms with Gasteiger partial charge in [-0.05, 0) is 13.0 Å². The lowest BCUT2D eigenvalue weighted by molar-refractivity contribution is 0.265. The van der Waals surface area contributed by atoms with Crippen LogP contribution in [0.5, 0.6) is 0 Å². The summed E-state index contributed by atoms with van der Waals surface area (Å²) in [5, 5.41) is 3.06. The Bertz CT molecular complexity index is 101. The van der Waals surface area contributed by atoms with Gasteiger partial charge in [-0.2, -0.15) is 0 Å². The molecule has 4 nitrogen and oxygen atoms in total. The first kappa shape index (κ1) is 6.95. The molecule has 1 aliphatic heterocycles. The third-order valence-electron chi connectivity index (χ3n) is 1.60. The largest absolute Gasteiger partial charge is 0.316 e. The Balaban J connectivity index is 2.41. The Labute approximate surface area is 54.8 Å². The second kappa shape index (κ2) is 2.22. The van der Waals surface area contributed by atoms with E-state index in [1.54, 1.807) is 0 Å². The molecule has 0 aromatic rings. The topological polar surface area (TPSA) is 90.1 Å². The predicted molar refractivity (Wildman–Crippen MR) is 36.3 cm³/mol. The number of nitrogens with one attached hydrogen (secondary N) is 1. The Morgan fingerprint density at radius 2 is 2.11 bits per heavy atom. The first-order chi connectivity index (χ1) is 4.10. The van der Waals surface area contributed by atoms with Crippen LogP contribution in [0.3, 0.4) is 0 Å². The summed E-state index contributed by atoms with van der Waals surface area (Å²) < 4.78 is 0. The van der Waals surface area contributed by atoms with Crippen LogP contribution in [0.1, 0.15) is 12.8 Å². The van der Waals surface area contributed by atoms with E-state index in [9.17, 15) is 0 Å². The number of piperidine rings is 1. The molecule has 1 rings (SSSR count). The maximum atomic E-state index is 5.63.